The van der Waals surface area contributed by atoms with Crippen LogP contribution in [-0.2, 0) is 0 Å². The summed E-state index contributed by atoms with van der Waals surface area (Å²) < 4.78 is 5.02. The Kier molecular flexibility index (Phi) is 3.69. The third-order valence-corrected chi connectivity index (χ3v) is 3.60. The molecule has 1 aromatic carbocycles. The number of ether oxygens (including phenoxy) is 1. The molecule has 2 unspecified atom stereocenters. The van der Waals surface area contributed by atoms with Crippen LogP contribution in [0.5, 0.6) is 5.75 Å². The van der Waals surface area contributed by atoms with Crippen LogP contribution in [0.1, 0.15) is 26.2 Å². The number of hydrogen-bond acceptors (Lipinski definition) is 4. The standard InChI is InChI=1S/C13H18N2O3/c1-9-4-3-5-11(9)14-12-7-6-10(18-2)8-13(12)15(16)17/h6-9,11,14H,3-5H2,1-2H3. The fourth-order valence-corrected chi connectivity index (χ4v) is 2.47. The predicted octanol–water partition coefficient (Wildman–Crippen LogP) is 3.20. The Balaban J connectivity index is 2.23. The Morgan fingerprint density at radius 2 is 2.22 bits per heavy atom. The molecule has 0 spiro atoms. The van der Waals surface area contributed by atoms with Gasteiger partial charge in [-0.3, -0.25) is 10.1 Å². The molecule has 1 N–H and O–H groups in total. The van der Waals surface area contributed by atoms with Crippen LogP contribution >= 0.6 is 0 Å². The zero-order valence-electron chi connectivity index (χ0n) is 10.7. The van der Waals surface area contributed by atoms with E-state index in [4.69, 9.17) is 4.74 Å². The Morgan fingerprint density at radius 1 is 1.44 bits per heavy atom. The average Bonchev–Trinajstić information content (AvgIpc) is 2.75. The number of benzene rings is 1. The van der Waals surface area contributed by atoms with Gasteiger partial charge >= 0.3 is 0 Å². The number of anilines is 1. The van der Waals surface area contributed by atoms with Gasteiger partial charge in [-0.15, -0.1) is 0 Å². The van der Waals surface area contributed by atoms with Gasteiger partial charge in [0.15, 0.2) is 0 Å². The van der Waals surface area contributed by atoms with Crippen molar-refractivity contribution < 1.29 is 9.66 Å². The van der Waals surface area contributed by atoms with Gasteiger partial charge in [-0.05, 0) is 30.9 Å². The van der Waals surface area contributed by atoms with Gasteiger partial charge in [0.05, 0.1) is 18.1 Å². The van der Waals surface area contributed by atoms with E-state index >= 15 is 0 Å². The maximum atomic E-state index is 11.1. The second-order valence-electron chi connectivity index (χ2n) is 4.80. The Bertz CT molecular complexity index is 448. The molecule has 1 fully saturated rings. The second-order valence-corrected chi connectivity index (χ2v) is 4.80. The second kappa shape index (κ2) is 5.25. The molecule has 0 bridgehead atoms. The lowest BCUT2D eigenvalue weighted by Crippen LogP contribution is -2.22. The van der Waals surface area contributed by atoms with Gasteiger partial charge in [0.25, 0.3) is 5.69 Å². The van der Waals surface area contributed by atoms with Crippen molar-refractivity contribution in [3.8, 4) is 5.75 Å². The van der Waals surface area contributed by atoms with E-state index in [1.807, 2.05) is 0 Å². The fraction of sp³-hybridized carbons (Fsp3) is 0.538. The molecule has 5 nitrogen and oxygen atoms in total. The van der Waals surface area contributed by atoms with Crippen molar-refractivity contribution in [2.75, 3.05) is 12.4 Å². The van der Waals surface area contributed by atoms with Gasteiger partial charge < -0.3 is 10.1 Å². The van der Waals surface area contributed by atoms with Crippen LogP contribution in [0.4, 0.5) is 11.4 Å². The van der Waals surface area contributed by atoms with Crippen LogP contribution in [0.25, 0.3) is 0 Å². The first-order valence-corrected chi connectivity index (χ1v) is 6.21. The quantitative estimate of drug-likeness (QED) is 0.658. The number of nitro groups is 1. The summed E-state index contributed by atoms with van der Waals surface area (Å²) in [5, 5.41) is 14.3. The highest BCUT2D eigenvalue weighted by molar-refractivity contribution is 5.64. The normalized spacial score (nSPS) is 22.8. The van der Waals surface area contributed by atoms with E-state index in [2.05, 4.69) is 12.2 Å². The number of nitrogens with zero attached hydrogens (tertiary/aromatic N) is 1. The van der Waals surface area contributed by atoms with Crippen LogP contribution in [-0.4, -0.2) is 18.1 Å². The van der Waals surface area contributed by atoms with Crippen molar-refractivity contribution >= 4 is 11.4 Å². The van der Waals surface area contributed by atoms with Gasteiger partial charge in [0.1, 0.15) is 11.4 Å². The molecule has 18 heavy (non-hydrogen) atoms. The van der Waals surface area contributed by atoms with Crippen LogP contribution in [0, 0.1) is 16.0 Å². The molecular formula is C13H18N2O3. The fourth-order valence-electron chi connectivity index (χ4n) is 2.47. The molecule has 5 heteroatoms. The summed E-state index contributed by atoms with van der Waals surface area (Å²) >= 11 is 0. The van der Waals surface area contributed by atoms with Crippen LogP contribution < -0.4 is 10.1 Å². The molecule has 1 aliphatic carbocycles. The SMILES string of the molecule is COc1ccc(NC2CCCC2C)c([N+](=O)[O-])c1. The molecule has 0 radical (unpaired) electrons. The average molecular weight is 250 g/mol. The van der Waals surface area contributed by atoms with E-state index in [9.17, 15) is 10.1 Å². The predicted molar refractivity (Wildman–Crippen MR) is 70.1 cm³/mol. The van der Waals surface area contributed by atoms with E-state index in [-0.39, 0.29) is 10.6 Å². The van der Waals surface area contributed by atoms with Crippen molar-refractivity contribution in [2.24, 2.45) is 5.92 Å². The summed E-state index contributed by atoms with van der Waals surface area (Å²) in [7, 11) is 1.51. The van der Waals surface area contributed by atoms with E-state index < -0.39 is 0 Å². The molecule has 1 aromatic rings. The van der Waals surface area contributed by atoms with E-state index in [0.717, 1.165) is 6.42 Å². The first kappa shape index (κ1) is 12.7. The van der Waals surface area contributed by atoms with Crippen LogP contribution in [0.2, 0.25) is 0 Å². The summed E-state index contributed by atoms with van der Waals surface area (Å²) in [6.45, 7) is 2.18. The molecule has 0 heterocycles. The summed E-state index contributed by atoms with van der Waals surface area (Å²) in [6, 6.07) is 5.26. The largest absolute Gasteiger partial charge is 0.496 e. The van der Waals surface area contributed by atoms with Gasteiger partial charge in [-0.1, -0.05) is 13.3 Å². The first-order valence-electron chi connectivity index (χ1n) is 6.21. The van der Waals surface area contributed by atoms with E-state index in [1.54, 1.807) is 12.1 Å². The van der Waals surface area contributed by atoms with Crippen molar-refractivity contribution in [1.29, 1.82) is 0 Å². The lowest BCUT2D eigenvalue weighted by Gasteiger charge is -2.18. The van der Waals surface area contributed by atoms with Crippen molar-refractivity contribution in [3.05, 3.63) is 28.3 Å². The van der Waals surface area contributed by atoms with Crippen molar-refractivity contribution in [3.63, 3.8) is 0 Å². The Labute approximate surface area is 106 Å². The third kappa shape index (κ3) is 2.55. The highest BCUT2D eigenvalue weighted by Crippen LogP contribution is 2.33. The molecular weight excluding hydrogens is 232 g/mol. The maximum Gasteiger partial charge on any atom is 0.296 e. The topological polar surface area (TPSA) is 64.4 Å². The molecule has 1 saturated carbocycles. The lowest BCUT2D eigenvalue weighted by atomic mass is 10.1. The third-order valence-electron chi connectivity index (χ3n) is 3.60. The molecule has 0 aromatic heterocycles. The molecule has 0 amide bonds. The minimum Gasteiger partial charge on any atom is -0.496 e. The Morgan fingerprint density at radius 3 is 2.78 bits per heavy atom. The number of rotatable bonds is 4. The van der Waals surface area contributed by atoms with E-state index in [0.29, 0.717) is 23.4 Å². The van der Waals surface area contributed by atoms with Gasteiger partial charge in [-0.25, -0.2) is 0 Å². The summed E-state index contributed by atoms with van der Waals surface area (Å²) in [5.41, 5.74) is 0.660. The van der Waals surface area contributed by atoms with Crippen molar-refractivity contribution in [2.45, 2.75) is 32.2 Å². The molecule has 2 rings (SSSR count). The van der Waals surface area contributed by atoms with Gasteiger partial charge in [-0.2, -0.15) is 0 Å². The zero-order valence-corrected chi connectivity index (χ0v) is 10.7. The lowest BCUT2D eigenvalue weighted by molar-refractivity contribution is -0.384. The highest BCUT2D eigenvalue weighted by atomic mass is 16.6. The number of nitrogens with one attached hydrogen (secondary N) is 1. The maximum absolute atomic E-state index is 11.1. The highest BCUT2D eigenvalue weighted by Gasteiger charge is 2.25. The summed E-state index contributed by atoms with van der Waals surface area (Å²) in [6.07, 6.45) is 3.44. The monoisotopic (exact) mass is 250 g/mol. The van der Waals surface area contributed by atoms with Crippen molar-refractivity contribution in [1.82, 2.24) is 0 Å². The number of hydrogen-bond donors (Lipinski definition) is 1. The van der Waals surface area contributed by atoms with Crippen LogP contribution in [0.15, 0.2) is 18.2 Å². The van der Waals surface area contributed by atoms with E-state index in [1.165, 1.54) is 26.0 Å². The molecule has 98 valence electrons. The van der Waals surface area contributed by atoms with Gasteiger partial charge in [0, 0.05) is 6.04 Å². The summed E-state index contributed by atoms with van der Waals surface area (Å²) in [5.74, 6) is 1.07. The Hall–Kier alpha value is -1.78. The molecule has 0 saturated heterocycles. The molecule has 1 aliphatic rings. The summed E-state index contributed by atoms with van der Waals surface area (Å²) in [4.78, 5) is 10.7. The first-order chi connectivity index (χ1) is 8.61. The smallest absolute Gasteiger partial charge is 0.296 e. The zero-order chi connectivity index (χ0) is 13.1. The number of methoxy groups -OCH3 is 1. The molecule has 2 atom stereocenters. The minimum absolute atomic E-state index is 0.0773. The molecule has 0 aliphatic heterocycles. The minimum atomic E-state index is -0.371. The van der Waals surface area contributed by atoms with Crippen LogP contribution in [0.3, 0.4) is 0 Å². The number of nitro benzene ring substituents is 1. The van der Waals surface area contributed by atoms with Gasteiger partial charge in [0.2, 0.25) is 0 Å².